The molecule has 0 atom stereocenters. The molecule has 116 valence electrons. The van der Waals surface area contributed by atoms with E-state index in [1.165, 1.54) is 5.56 Å². The normalized spacial score (nSPS) is 15.9. The molecule has 2 aromatic carbocycles. The summed E-state index contributed by atoms with van der Waals surface area (Å²) in [4.78, 5) is 14.6. The Bertz CT molecular complexity index is 819. The molecule has 3 aromatic rings. The van der Waals surface area contributed by atoms with Crippen molar-refractivity contribution in [2.45, 2.75) is 18.8 Å². The summed E-state index contributed by atoms with van der Waals surface area (Å²) in [6.45, 7) is 1.60. The molecule has 0 unspecified atom stereocenters. The van der Waals surface area contributed by atoms with Crippen molar-refractivity contribution in [1.29, 1.82) is 0 Å². The highest BCUT2D eigenvalue weighted by atomic mass is 16.2. The van der Waals surface area contributed by atoms with Gasteiger partial charge in [0.2, 0.25) is 0 Å². The molecule has 0 bridgehead atoms. The van der Waals surface area contributed by atoms with Crippen LogP contribution in [0.2, 0.25) is 0 Å². The summed E-state index contributed by atoms with van der Waals surface area (Å²) in [5, 5.41) is 10.6. The lowest BCUT2D eigenvalue weighted by Gasteiger charge is -2.32. The number of aromatic amines is 1. The topological polar surface area (TPSA) is 61.9 Å². The van der Waals surface area contributed by atoms with Gasteiger partial charge in [-0.1, -0.05) is 30.3 Å². The second-order valence-corrected chi connectivity index (χ2v) is 6.00. The summed E-state index contributed by atoms with van der Waals surface area (Å²) in [6, 6.07) is 16.0. The van der Waals surface area contributed by atoms with Crippen molar-refractivity contribution in [2.24, 2.45) is 0 Å². The summed E-state index contributed by atoms with van der Waals surface area (Å²) in [7, 11) is 0. The molecule has 5 nitrogen and oxygen atoms in total. The van der Waals surface area contributed by atoms with E-state index in [-0.39, 0.29) is 5.91 Å². The summed E-state index contributed by atoms with van der Waals surface area (Å²) < 4.78 is 0. The average Bonchev–Trinajstić information content (AvgIpc) is 3.10. The highest BCUT2D eigenvalue weighted by molar-refractivity contribution is 5.97. The molecule has 1 aromatic heterocycles. The van der Waals surface area contributed by atoms with Crippen molar-refractivity contribution in [3.63, 3.8) is 0 Å². The fourth-order valence-electron chi connectivity index (χ4n) is 3.30. The Morgan fingerprint density at radius 1 is 1.00 bits per heavy atom. The third kappa shape index (κ3) is 2.70. The molecule has 2 heterocycles. The Morgan fingerprint density at radius 3 is 2.52 bits per heavy atom. The quantitative estimate of drug-likeness (QED) is 0.791. The van der Waals surface area contributed by atoms with E-state index >= 15 is 0 Å². The van der Waals surface area contributed by atoms with Gasteiger partial charge in [0.05, 0.1) is 0 Å². The molecule has 1 N–H and O–H groups in total. The molecule has 1 saturated heterocycles. The Kier molecular flexibility index (Phi) is 3.54. The number of benzene rings is 2. The van der Waals surface area contributed by atoms with Crippen LogP contribution in [0.5, 0.6) is 0 Å². The van der Waals surface area contributed by atoms with Crippen LogP contribution in [0.25, 0.3) is 11.0 Å². The van der Waals surface area contributed by atoms with E-state index in [9.17, 15) is 4.79 Å². The molecule has 1 amide bonds. The number of rotatable bonds is 2. The molecule has 0 radical (unpaired) electrons. The predicted molar refractivity (Wildman–Crippen MR) is 88.2 cm³/mol. The summed E-state index contributed by atoms with van der Waals surface area (Å²) in [5.74, 6) is 0.639. The number of carbonyl (C=O) groups excluding carboxylic acids is 1. The van der Waals surface area contributed by atoms with Gasteiger partial charge in [0.15, 0.2) is 0 Å². The van der Waals surface area contributed by atoms with Crippen LogP contribution in [-0.2, 0) is 0 Å². The second-order valence-electron chi connectivity index (χ2n) is 6.00. The minimum atomic E-state index is 0.0846. The third-order valence-corrected chi connectivity index (χ3v) is 4.62. The number of hydrogen-bond acceptors (Lipinski definition) is 3. The lowest BCUT2D eigenvalue weighted by atomic mass is 9.89. The van der Waals surface area contributed by atoms with Gasteiger partial charge in [-0.25, -0.2) is 0 Å². The maximum Gasteiger partial charge on any atom is 0.253 e. The zero-order valence-corrected chi connectivity index (χ0v) is 12.8. The first-order chi connectivity index (χ1) is 11.3. The van der Waals surface area contributed by atoms with E-state index in [0.29, 0.717) is 11.5 Å². The van der Waals surface area contributed by atoms with Crippen LogP contribution in [0.3, 0.4) is 0 Å². The summed E-state index contributed by atoms with van der Waals surface area (Å²) in [6.07, 6.45) is 2.03. The van der Waals surface area contributed by atoms with Gasteiger partial charge in [0.25, 0.3) is 5.91 Å². The Hall–Kier alpha value is -2.69. The van der Waals surface area contributed by atoms with E-state index in [0.717, 1.165) is 37.0 Å². The van der Waals surface area contributed by atoms with Crippen molar-refractivity contribution < 1.29 is 4.79 Å². The van der Waals surface area contributed by atoms with Gasteiger partial charge >= 0.3 is 0 Å². The molecule has 0 spiro atoms. The number of H-pyrrole nitrogens is 1. The molecule has 4 rings (SSSR count). The van der Waals surface area contributed by atoms with Gasteiger partial charge in [0, 0.05) is 18.7 Å². The Balaban J connectivity index is 1.46. The van der Waals surface area contributed by atoms with Crippen LogP contribution in [0, 0.1) is 0 Å². The maximum atomic E-state index is 12.7. The van der Waals surface area contributed by atoms with Gasteiger partial charge in [-0.05, 0) is 42.5 Å². The van der Waals surface area contributed by atoms with Gasteiger partial charge in [-0.3, -0.25) is 4.79 Å². The zero-order chi connectivity index (χ0) is 15.6. The van der Waals surface area contributed by atoms with Crippen LogP contribution >= 0.6 is 0 Å². The number of carbonyl (C=O) groups is 1. The molecule has 0 aliphatic carbocycles. The second kappa shape index (κ2) is 5.83. The predicted octanol–water partition coefficient (Wildman–Crippen LogP) is 2.98. The molecular formula is C18H18N4O. The zero-order valence-electron chi connectivity index (χ0n) is 12.8. The van der Waals surface area contributed by atoms with Crippen molar-refractivity contribution in [1.82, 2.24) is 20.3 Å². The molecule has 0 saturated carbocycles. The van der Waals surface area contributed by atoms with Crippen molar-refractivity contribution in [2.75, 3.05) is 13.1 Å². The lowest BCUT2D eigenvalue weighted by molar-refractivity contribution is 0.0713. The van der Waals surface area contributed by atoms with Crippen LogP contribution in [-0.4, -0.2) is 39.3 Å². The Morgan fingerprint density at radius 2 is 1.74 bits per heavy atom. The van der Waals surface area contributed by atoms with Gasteiger partial charge in [0.1, 0.15) is 11.0 Å². The standard InChI is InChI=1S/C18H18N4O/c23-18(15-6-7-16-17(12-15)20-21-19-16)22-10-8-14(9-11-22)13-4-2-1-3-5-13/h1-7,12,14H,8-11H2,(H,19,20,21). The average molecular weight is 306 g/mol. The van der Waals surface area contributed by atoms with E-state index in [4.69, 9.17) is 0 Å². The molecule has 5 heteroatoms. The first-order valence-electron chi connectivity index (χ1n) is 7.96. The molecule has 1 fully saturated rings. The lowest BCUT2D eigenvalue weighted by Crippen LogP contribution is -2.37. The fraction of sp³-hybridized carbons (Fsp3) is 0.278. The van der Waals surface area contributed by atoms with Crippen LogP contribution in [0.4, 0.5) is 0 Å². The van der Waals surface area contributed by atoms with Crippen LogP contribution < -0.4 is 0 Å². The van der Waals surface area contributed by atoms with E-state index in [1.807, 2.05) is 29.2 Å². The Labute approximate surface area is 134 Å². The number of likely N-dealkylation sites (tertiary alicyclic amines) is 1. The highest BCUT2D eigenvalue weighted by Gasteiger charge is 2.24. The number of piperidine rings is 1. The van der Waals surface area contributed by atoms with Gasteiger partial charge < -0.3 is 4.90 Å². The van der Waals surface area contributed by atoms with Crippen LogP contribution in [0.1, 0.15) is 34.7 Å². The minimum absolute atomic E-state index is 0.0846. The molecular weight excluding hydrogens is 288 g/mol. The largest absolute Gasteiger partial charge is 0.339 e. The minimum Gasteiger partial charge on any atom is -0.339 e. The number of hydrogen-bond donors (Lipinski definition) is 1. The van der Waals surface area contributed by atoms with Crippen LogP contribution in [0.15, 0.2) is 48.5 Å². The number of amides is 1. The monoisotopic (exact) mass is 306 g/mol. The summed E-state index contributed by atoms with van der Waals surface area (Å²) >= 11 is 0. The van der Waals surface area contributed by atoms with E-state index < -0.39 is 0 Å². The SMILES string of the molecule is O=C(c1ccc2n[nH]nc2c1)N1CCC(c2ccccc2)CC1. The third-order valence-electron chi connectivity index (χ3n) is 4.62. The maximum absolute atomic E-state index is 12.7. The van der Waals surface area contributed by atoms with E-state index in [2.05, 4.69) is 39.7 Å². The number of nitrogens with one attached hydrogen (secondary N) is 1. The number of fused-ring (bicyclic) bond motifs is 1. The number of aromatic nitrogens is 3. The molecule has 23 heavy (non-hydrogen) atoms. The first kappa shape index (κ1) is 13.9. The van der Waals surface area contributed by atoms with E-state index in [1.54, 1.807) is 0 Å². The molecule has 1 aliphatic rings. The number of nitrogens with zero attached hydrogens (tertiary/aromatic N) is 3. The smallest absolute Gasteiger partial charge is 0.253 e. The van der Waals surface area contributed by atoms with Crippen molar-refractivity contribution >= 4 is 16.9 Å². The molecule has 1 aliphatic heterocycles. The van der Waals surface area contributed by atoms with Gasteiger partial charge in [-0.2, -0.15) is 15.4 Å². The van der Waals surface area contributed by atoms with Crippen molar-refractivity contribution in [3.8, 4) is 0 Å². The van der Waals surface area contributed by atoms with Gasteiger partial charge in [-0.15, -0.1) is 0 Å². The highest BCUT2D eigenvalue weighted by Crippen LogP contribution is 2.28. The van der Waals surface area contributed by atoms with Crippen molar-refractivity contribution in [3.05, 3.63) is 59.7 Å². The fourth-order valence-corrected chi connectivity index (χ4v) is 3.30. The summed E-state index contributed by atoms with van der Waals surface area (Å²) in [5.41, 5.74) is 3.58. The first-order valence-corrected chi connectivity index (χ1v) is 7.96.